The van der Waals surface area contributed by atoms with Gasteiger partial charge in [0.25, 0.3) is 0 Å². The van der Waals surface area contributed by atoms with Crippen molar-refractivity contribution in [2.45, 2.75) is 57.4 Å². The van der Waals surface area contributed by atoms with E-state index in [0.29, 0.717) is 17.7 Å². The third-order valence-corrected chi connectivity index (χ3v) is 6.52. The monoisotopic (exact) mass is 405 g/mol. The highest BCUT2D eigenvalue weighted by Gasteiger charge is 2.30. The molecule has 152 valence electrons. The van der Waals surface area contributed by atoms with E-state index < -0.39 is 0 Å². The molecular weight excluding hydrogens is 378 g/mol. The van der Waals surface area contributed by atoms with Crippen LogP contribution in [0.1, 0.15) is 61.3 Å². The molecule has 1 saturated heterocycles. The lowest BCUT2D eigenvalue weighted by Crippen LogP contribution is -2.39. The Bertz CT molecular complexity index is 888. The Morgan fingerprint density at radius 3 is 2.54 bits per heavy atom. The van der Waals surface area contributed by atoms with Gasteiger partial charge in [-0.25, -0.2) is 9.48 Å². The van der Waals surface area contributed by atoms with Crippen molar-refractivity contribution in [3.05, 3.63) is 21.3 Å². The lowest BCUT2D eigenvalue weighted by molar-refractivity contribution is -0.117. The van der Waals surface area contributed by atoms with Crippen LogP contribution in [-0.2, 0) is 11.8 Å². The Balaban J connectivity index is 1.36. The van der Waals surface area contributed by atoms with E-state index in [9.17, 15) is 9.59 Å². The zero-order chi connectivity index (χ0) is 19.7. The summed E-state index contributed by atoms with van der Waals surface area (Å²) in [4.78, 5) is 27.0. The van der Waals surface area contributed by atoms with Gasteiger partial charge in [0.05, 0.1) is 6.54 Å². The summed E-state index contributed by atoms with van der Waals surface area (Å²) >= 11 is 1.38. The second-order valence-corrected chi connectivity index (χ2v) is 8.98. The Labute approximate surface area is 167 Å². The molecule has 9 nitrogen and oxygen atoms in total. The van der Waals surface area contributed by atoms with Crippen LogP contribution in [0.5, 0.6) is 0 Å². The predicted octanol–water partition coefficient (Wildman–Crippen LogP) is 1.67. The van der Waals surface area contributed by atoms with Crippen LogP contribution in [-0.4, -0.2) is 55.0 Å². The fraction of sp³-hybridized carbons (Fsp3) is 0.722. The number of carbonyl (C=O) groups is 1. The van der Waals surface area contributed by atoms with Crippen molar-refractivity contribution >= 4 is 22.4 Å². The normalized spacial score (nSPS) is 19.4. The summed E-state index contributed by atoms with van der Waals surface area (Å²) in [6.45, 7) is 3.86. The molecule has 1 aliphatic heterocycles. The summed E-state index contributed by atoms with van der Waals surface area (Å²) < 4.78 is 3.44. The van der Waals surface area contributed by atoms with Crippen LogP contribution in [0.2, 0.25) is 0 Å². The van der Waals surface area contributed by atoms with E-state index in [1.807, 2.05) is 11.5 Å². The van der Waals surface area contributed by atoms with Gasteiger partial charge >= 0.3 is 5.69 Å². The molecule has 1 N–H and O–H groups in total. The SMILES string of the molecule is Cc1nnc(NC(=O)CN2CCC(c3nn(C)c(=O)n3C3CCCC3)CC2)s1. The van der Waals surface area contributed by atoms with Crippen LogP contribution in [0.4, 0.5) is 5.13 Å². The number of carbonyl (C=O) groups excluding carboxylic acids is 1. The standard InChI is InChI=1S/C18H27N7O2S/c1-12-20-21-17(28-12)19-15(26)11-24-9-7-13(8-10-24)16-22-23(2)18(27)25(16)14-5-3-4-6-14/h13-14H,3-11H2,1-2H3,(H,19,21,26). The minimum Gasteiger partial charge on any atom is -0.299 e. The molecule has 28 heavy (non-hydrogen) atoms. The van der Waals surface area contributed by atoms with E-state index in [-0.39, 0.29) is 17.5 Å². The number of piperidine rings is 1. The molecule has 1 aliphatic carbocycles. The van der Waals surface area contributed by atoms with E-state index in [4.69, 9.17) is 0 Å². The first-order valence-corrected chi connectivity index (χ1v) is 10.8. The van der Waals surface area contributed by atoms with Crippen LogP contribution >= 0.6 is 11.3 Å². The number of hydrogen-bond donors (Lipinski definition) is 1. The molecule has 2 fully saturated rings. The Hall–Kier alpha value is -2.07. The van der Waals surface area contributed by atoms with Gasteiger partial charge < -0.3 is 0 Å². The molecule has 2 aliphatic rings. The zero-order valence-electron chi connectivity index (χ0n) is 16.4. The third kappa shape index (κ3) is 4.02. The van der Waals surface area contributed by atoms with Gasteiger partial charge in [0.15, 0.2) is 0 Å². The third-order valence-electron chi connectivity index (χ3n) is 5.76. The van der Waals surface area contributed by atoms with E-state index in [1.54, 1.807) is 7.05 Å². The van der Waals surface area contributed by atoms with Crippen molar-refractivity contribution < 1.29 is 4.79 Å². The molecule has 10 heteroatoms. The molecule has 0 spiro atoms. The van der Waals surface area contributed by atoms with Crippen molar-refractivity contribution in [2.24, 2.45) is 7.05 Å². The number of rotatable bonds is 5. The Morgan fingerprint density at radius 1 is 1.18 bits per heavy atom. The van der Waals surface area contributed by atoms with Gasteiger partial charge in [-0.05, 0) is 45.7 Å². The minimum atomic E-state index is -0.0599. The largest absolute Gasteiger partial charge is 0.345 e. The summed E-state index contributed by atoms with van der Waals surface area (Å²) in [5, 5.41) is 16.6. The van der Waals surface area contributed by atoms with E-state index in [1.165, 1.54) is 28.9 Å². The van der Waals surface area contributed by atoms with Gasteiger partial charge in [-0.15, -0.1) is 10.2 Å². The van der Waals surface area contributed by atoms with E-state index in [2.05, 4.69) is 25.5 Å². The van der Waals surface area contributed by atoms with E-state index in [0.717, 1.165) is 49.6 Å². The fourth-order valence-corrected chi connectivity index (χ4v) is 4.95. The van der Waals surface area contributed by atoms with Crippen LogP contribution < -0.4 is 11.0 Å². The van der Waals surface area contributed by atoms with Crippen LogP contribution in [0.15, 0.2) is 4.79 Å². The topological polar surface area (TPSA) is 97.9 Å². The first kappa shape index (κ1) is 19.3. The lowest BCUT2D eigenvalue weighted by Gasteiger charge is -2.31. The number of amides is 1. The van der Waals surface area contributed by atoms with Gasteiger partial charge in [-0.2, -0.15) is 5.10 Å². The molecule has 1 amide bonds. The summed E-state index contributed by atoms with van der Waals surface area (Å²) in [5.41, 5.74) is 0.0102. The van der Waals surface area contributed by atoms with Gasteiger partial charge in [0.2, 0.25) is 11.0 Å². The molecule has 0 bridgehead atoms. The summed E-state index contributed by atoms with van der Waals surface area (Å²) in [6.07, 6.45) is 6.34. The molecule has 3 heterocycles. The molecule has 0 aromatic carbocycles. The predicted molar refractivity (Wildman–Crippen MR) is 107 cm³/mol. The van der Waals surface area contributed by atoms with Crippen molar-refractivity contribution in [2.75, 3.05) is 25.0 Å². The molecule has 2 aromatic heterocycles. The Morgan fingerprint density at radius 2 is 1.89 bits per heavy atom. The molecule has 0 unspecified atom stereocenters. The Kier molecular flexibility index (Phi) is 5.58. The van der Waals surface area contributed by atoms with Crippen LogP contribution in [0, 0.1) is 6.92 Å². The maximum absolute atomic E-state index is 12.6. The maximum atomic E-state index is 12.6. The lowest BCUT2D eigenvalue weighted by atomic mass is 9.95. The second-order valence-electron chi connectivity index (χ2n) is 7.80. The van der Waals surface area contributed by atoms with Gasteiger partial charge in [0.1, 0.15) is 10.8 Å². The molecule has 0 atom stereocenters. The zero-order valence-corrected chi connectivity index (χ0v) is 17.2. The van der Waals surface area contributed by atoms with Crippen molar-refractivity contribution in [3.63, 3.8) is 0 Å². The number of anilines is 1. The number of likely N-dealkylation sites (tertiary alicyclic amines) is 1. The number of nitrogens with zero attached hydrogens (tertiary/aromatic N) is 6. The highest BCUT2D eigenvalue weighted by Crippen LogP contribution is 2.33. The second kappa shape index (κ2) is 8.12. The van der Waals surface area contributed by atoms with Gasteiger partial charge in [-0.1, -0.05) is 24.2 Å². The number of hydrogen-bond acceptors (Lipinski definition) is 7. The first-order chi connectivity index (χ1) is 13.5. The summed E-state index contributed by atoms with van der Waals surface area (Å²) in [5.74, 6) is 1.16. The van der Waals surface area contributed by atoms with Crippen LogP contribution in [0.3, 0.4) is 0 Å². The minimum absolute atomic E-state index is 0.0102. The van der Waals surface area contributed by atoms with Crippen LogP contribution in [0.25, 0.3) is 0 Å². The van der Waals surface area contributed by atoms with Gasteiger partial charge in [-0.3, -0.25) is 19.6 Å². The average molecular weight is 406 g/mol. The molecule has 4 rings (SSSR count). The van der Waals surface area contributed by atoms with Gasteiger partial charge in [0, 0.05) is 19.0 Å². The highest BCUT2D eigenvalue weighted by atomic mass is 32.1. The smallest absolute Gasteiger partial charge is 0.299 e. The molecular formula is C18H27N7O2S. The number of aromatic nitrogens is 5. The highest BCUT2D eigenvalue weighted by molar-refractivity contribution is 7.15. The van der Waals surface area contributed by atoms with Crippen molar-refractivity contribution in [3.8, 4) is 0 Å². The first-order valence-electron chi connectivity index (χ1n) is 9.99. The van der Waals surface area contributed by atoms with E-state index >= 15 is 0 Å². The average Bonchev–Trinajstić information content (AvgIpc) is 3.38. The molecule has 0 radical (unpaired) electrons. The molecule has 1 saturated carbocycles. The maximum Gasteiger partial charge on any atom is 0.345 e. The molecule has 2 aromatic rings. The quantitative estimate of drug-likeness (QED) is 0.813. The summed E-state index contributed by atoms with van der Waals surface area (Å²) in [7, 11) is 1.74. The number of aryl methyl sites for hydroxylation is 2. The van der Waals surface area contributed by atoms with Crippen molar-refractivity contribution in [1.29, 1.82) is 0 Å². The summed E-state index contributed by atoms with van der Waals surface area (Å²) in [6, 6.07) is 0.301. The fourth-order valence-electron chi connectivity index (χ4n) is 4.34. The number of nitrogens with one attached hydrogen (secondary N) is 1. The van der Waals surface area contributed by atoms with Crippen molar-refractivity contribution in [1.82, 2.24) is 29.4 Å².